The van der Waals surface area contributed by atoms with Gasteiger partial charge in [-0.15, -0.1) is 11.8 Å². The number of hydrogen-bond donors (Lipinski definition) is 1. The first-order valence-electron chi connectivity index (χ1n) is 5.62. The summed E-state index contributed by atoms with van der Waals surface area (Å²) in [7, 11) is -3.96. The van der Waals surface area contributed by atoms with Crippen LogP contribution >= 0.6 is 11.8 Å². The van der Waals surface area contributed by atoms with Crippen molar-refractivity contribution in [3.63, 3.8) is 0 Å². The predicted octanol–water partition coefficient (Wildman–Crippen LogP) is 3.38. The molecule has 3 nitrogen and oxygen atoms in total. The maximum atomic E-state index is 10.7. The summed E-state index contributed by atoms with van der Waals surface area (Å²) in [6.07, 6.45) is 0. The van der Waals surface area contributed by atoms with Crippen LogP contribution in [0.25, 0.3) is 0 Å². The molecule has 0 amide bonds. The van der Waals surface area contributed by atoms with E-state index in [1.807, 2.05) is 48.2 Å². The van der Waals surface area contributed by atoms with Gasteiger partial charge in [0.1, 0.15) is 5.75 Å². The summed E-state index contributed by atoms with van der Waals surface area (Å²) >= 11 is 1.56. The van der Waals surface area contributed by atoms with Gasteiger partial charge < -0.3 is 0 Å². The quantitative estimate of drug-likeness (QED) is 0.678. The van der Waals surface area contributed by atoms with Crippen molar-refractivity contribution in [2.45, 2.75) is 10.6 Å². The van der Waals surface area contributed by atoms with Gasteiger partial charge in [0.05, 0.1) is 5.75 Å². The number of hydrogen-bond acceptors (Lipinski definition) is 3. The molecule has 2 aromatic rings. The second-order valence-corrected chi connectivity index (χ2v) is 6.41. The Hall–Kier alpha value is -1.30. The van der Waals surface area contributed by atoms with Gasteiger partial charge in [-0.1, -0.05) is 42.5 Å². The number of rotatable bonds is 5. The first kappa shape index (κ1) is 14.1. The molecule has 0 aliphatic carbocycles. The Labute approximate surface area is 117 Å². The van der Waals surface area contributed by atoms with Gasteiger partial charge in [-0.2, -0.15) is 8.42 Å². The minimum atomic E-state index is -3.96. The van der Waals surface area contributed by atoms with Crippen molar-refractivity contribution in [1.29, 1.82) is 0 Å². The molecule has 99 valence electrons. The van der Waals surface area contributed by atoms with E-state index >= 15 is 0 Å². The normalized spacial score (nSPS) is 11.4. The minimum absolute atomic E-state index is 0.347. The second-order valence-electron chi connectivity index (χ2n) is 4.02. The zero-order valence-electron chi connectivity index (χ0n) is 10.1. The van der Waals surface area contributed by atoms with Crippen LogP contribution in [0.5, 0.6) is 0 Å². The monoisotopic (exact) mass is 293 g/mol. The van der Waals surface area contributed by atoms with E-state index in [0.717, 1.165) is 10.5 Å². The zero-order chi connectivity index (χ0) is 13.7. The molecule has 2 aromatic carbocycles. The molecule has 0 saturated heterocycles. The average molecular weight is 293 g/mol. The van der Waals surface area contributed by atoms with Crippen LogP contribution in [0.1, 0.15) is 11.1 Å². The minimum Gasteiger partial charge on any atom is -0.285 e. The Morgan fingerprint density at radius 3 is 2.21 bits per heavy atom. The third-order valence-electron chi connectivity index (χ3n) is 2.40. The Kier molecular flexibility index (Phi) is 4.63. The molecule has 0 heterocycles. The topological polar surface area (TPSA) is 54.4 Å². The van der Waals surface area contributed by atoms with E-state index in [0.29, 0.717) is 5.56 Å². The summed E-state index contributed by atoms with van der Waals surface area (Å²) in [5, 5.41) is 0. The van der Waals surface area contributed by atoms with Crippen LogP contribution in [0.2, 0.25) is 0 Å². The zero-order valence-corrected chi connectivity index (χ0v) is 11.7. The Balaban J connectivity index is 1.96. The van der Waals surface area contributed by atoms with Gasteiger partial charge >= 0.3 is 0 Å². The fourth-order valence-electron chi connectivity index (χ4n) is 1.54. The maximum Gasteiger partial charge on any atom is 0.269 e. The van der Waals surface area contributed by atoms with Crippen LogP contribution in [0.4, 0.5) is 0 Å². The summed E-state index contributed by atoms with van der Waals surface area (Å²) in [4.78, 5) is 1.02. The molecule has 0 saturated carbocycles. The van der Waals surface area contributed by atoms with Crippen LogP contribution < -0.4 is 0 Å². The van der Waals surface area contributed by atoms with Crippen molar-refractivity contribution in [2.75, 3.05) is 0 Å². The van der Waals surface area contributed by atoms with Gasteiger partial charge in [-0.05, 0) is 23.3 Å². The molecule has 1 radical (unpaired) electrons. The summed E-state index contributed by atoms with van der Waals surface area (Å²) in [6, 6.07) is 17.0. The maximum absolute atomic E-state index is 10.7. The third-order valence-corrected chi connectivity index (χ3v) is 4.04. The van der Waals surface area contributed by atoms with Gasteiger partial charge in [0.25, 0.3) is 10.1 Å². The molecule has 0 unspecified atom stereocenters. The van der Waals surface area contributed by atoms with E-state index < -0.39 is 10.1 Å². The van der Waals surface area contributed by atoms with Crippen molar-refractivity contribution in [3.05, 3.63) is 71.5 Å². The van der Waals surface area contributed by atoms with Crippen molar-refractivity contribution in [2.24, 2.45) is 0 Å². The van der Waals surface area contributed by atoms with Crippen LogP contribution in [0.3, 0.4) is 0 Å². The SMILES string of the molecule is O=S(=O)(O)Cc1ccc(S[CH]c2ccccc2)cc1. The Bertz CT molecular complexity index is 620. The summed E-state index contributed by atoms with van der Waals surface area (Å²) < 4.78 is 30.2. The molecule has 0 aliphatic heterocycles. The smallest absolute Gasteiger partial charge is 0.269 e. The van der Waals surface area contributed by atoms with Gasteiger partial charge in [0.2, 0.25) is 0 Å². The highest BCUT2D eigenvalue weighted by molar-refractivity contribution is 8.01. The fourth-order valence-corrected chi connectivity index (χ4v) is 2.88. The summed E-state index contributed by atoms with van der Waals surface area (Å²) in [5.41, 5.74) is 1.70. The molecule has 0 atom stereocenters. The lowest BCUT2D eigenvalue weighted by Gasteiger charge is -2.03. The molecule has 5 heteroatoms. The molecular formula is C14H13O3S2. The lowest BCUT2D eigenvalue weighted by Crippen LogP contribution is -2.01. The number of thioether (sulfide) groups is 1. The highest BCUT2D eigenvalue weighted by Gasteiger charge is 2.06. The van der Waals surface area contributed by atoms with Crippen molar-refractivity contribution in [1.82, 2.24) is 0 Å². The Morgan fingerprint density at radius 1 is 1.00 bits per heavy atom. The molecule has 19 heavy (non-hydrogen) atoms. The highest BCUT2D eigenvalue weighted by atomic mass is 32.2. The van der Waals surface area contributed by atoms with Crippen LogP contribution in [-0.4, -0.2) is 13.0 Å². The van der Waals surface area contributed by atoms with E-state index in [1.54, 1.807) is 23.9 Å². The standard InChI is InChI=1S/C14H13O3S2/c15-19(16,17)11-13-6-8-14(9-7-13)18-10-12-4-2-1-3-5-12/h1-10H,11H2,(H,15,16,17). The van der Waals surface area contributed by atoms with Gasteiger partial charge in [-0.25, -0.2) is 0 Å². The molecule has 1 N–H and O–H groups in total. The first-order valence-corrected chi connectivity index (χ1v) is 8.11. The molecule has 0 aromatic heterocycles. The average Bonchev–Trinajstić information content (AvgIpc) is 2.37. The van der Waals surface area contributed by atoms with Crippen LogP contribution in [0.15, 0.2) is 59.5 Å². The van der Waals surface area contributed by atoms with E-state index in [2.05, 4.69) is 0 Å². The highest BCUT2D eigenvalue weighted by Crippen LogP contribution is 2.25. The molecule has 0 aliphatic rings. The van der Waals surface area contributed by atoms with Crippen molar-refractivity contribution in [3.8, 4) is 0 Å². The van der Waals surface area contributed by atoms with E-state index in [-0.39, 0.29) is 5.75 Å². The first-order chi connectivity index (χ1) is 9.03. The molecule has 0 spiro atoms. The summed E-state index contributed by atoms with van der Waals surface area (Å²) in [5.74, 6) is 1.68. The molecular weight excluding hydrogens is 280 g/mol. The lowest BCUT2D eigenvalue weighted by molar-refractivity contribution is 0.482. The Morgan fingerprint density at radius 2 is 1.63 bits per heavy atom. The largest absolute Gasteiger partial charge is 0.285 e. The lowest BCUT2D eigenvalue weighted by atomic mass is 10.2. The number of benzene rings is 2. The molecule has 0 bridgehead atoms. The molecule has 2 rings (SSSR count). The van der Waals surface area contributed by atoms with Crippen molar-refractivity contribution < 1.29 is 13.0 Å². The van der Waals surface area contributed by atoms with Crippen LogP contribution in [0, 0.1) is 5.75 Å². The van der Waals surface area contributed by atoms with Gasteiger partial charge in [0, 0.05) is 4.90 Å². The second kappa shape index (κ2) is 6.23. The molecule has 0 fully saturated rings. The predicted molar refractivity (Wildman–Crippen MR) is 77.4 cm³/mol. The van der Waals surface area contributed by atoms with E-state index in [1.165, 1.54) is 0 Å². The van der Waals surface area contributed by atoms with Crippen LogP contribution in [-0.2, 0) is 15.9 Å². The summed E-state index contributed by atoms with van der Waals surface area (Å²) in [6.45, 7) is 0. The van der Waals surface area contributed by atoms with Gasteiger partial charge in [-0.3, -0.25) is 4.55 Å². The third kappa shape index (κ3) is 5.06. The van der Waals surface area contributed by atoms with E-state index in [9.17, 15) is 8.42 Å². The van der Waals surface area contributed by atoms with Gasteiger partial charge in [0.15, 0.2) is 0 Å². The van der Waals surface area contributed by atoms with E-state index in [4.69, 9.17) is 4.55 Å². The van der Waals surface area contributed by atoms with Crippen molar-refractivity contribution >= 4 is 21.9 Å². The fraction of sp³-hybridized carbons (Fsp3) is 0.0714.